The summed E-state index contributed by atoms with van der Waals surface area (Å²) in [5.41, 5.74) is 1.17. The zero-order valence-corrected chi connectivity index (χ0v) is 15.8. The van der Waals surface area contributed by atoms with Crippen LogP contribution in [0.25, 0.3) is 0 Å². The summed E-state index contributed by atoms with van der Waals surface area (Å²) in [7, 11) is 1.85. The van der Waals surface area contributed by atoms with Crippen LogP contribution in [0.5, 0.6) is 0 Å². The van der Waals surface area contributed by atoms with E-state index in [4.69, 9.17) is 0 Å². The molecule has 2 N–H and O–H groups in total. The molecule has 1 fully saturated rings. The van der Waals surface area contributed by atoms with Crippen molar-refractivity contribution in [1.82, 2.24) is 20.5 Å². The van der Waals surface area contributed by atoms with Crippen LogP contribution in [0.2, 0.25) is 0 Å². The minimum Gasteiger partial charge on any atom is -0.356 e. The molecule has 0 spiro atoms. The van der Waals surface area contributed by atoms with Crippen molar-refractivity contribution in [3.63, 3.8) is 0 Å². The number of hydrogen-bond acceptors (Lipinski definition) is 4. The van der Waals surface area contributed by atoms with Gasteiger partial charge in [0.15, 0.2) is 5.96 Å². The van der Waals surface area contributed by atoms with Crippen molar-refractivity contribution in [2.75, 3.05) is 33.2 Å². The Morgan fingerprint density at radius 3 is 2.65 bits per heavy atom. The number of guanidine groups is 1. The summed E-state index contributed by atoms with van der Waals surface area (Å²) in [6, 6.07) is 0.543. The lowest BCUT2D eigenvalue weighted by Crippen LogP contribution is -2.49. The summed E-state index contributed by atoms with van der Waals surface area (Å²) in [5, 5.41) is 8.17. The Hall–Kier alpha value is -1.14. The Morgan fingerprint density at radius 2 is 2.09 bits per heavy atom. The van der Waals surface area contributed by atoms with Crippen molar-refractivity contribution in [2.45, 2.75) is 52.5 Å². The highest BCUT2D eigenvalue weighted by atomic mass is 32.1. The summed E-state index contributed by atoms with van der Waals surface area (Å²) in [4.78, 5) is 12.8. The molecule has 1 aliphatic rings. The van der Waals surface area contributed by atoms with Crippen LogP contribution in [0, 0.1) is 13.8 Å². The maximum Gasteiger partial charge on any atom is 0.191 e. The molecule has 130 valence electrons. The highest BCUT2D eigenvalue weighted by Gasteiger charge is 2.19. The first-order chi connectivity index (χ1) is 11.1. The molecule has 1 saturated heterocycles. The Balaban J connectivity index is 1.71. The number of likely N-dealkylation sites (tertiary alicyclic amines) is 1. The molecule has 0 radical (unpaired) electrons. The number of thiazole rings is 1. The van der Waals surface area contributed by atoms with Crippen molar-refractivity contribution in [3.8, 4) is 0 Å². The van der Waals surface area contributed by atoms with Gasteiger partial charge in [0, 0.05) is 44.0 Å². The molecule has 0 aromatic carbocycles. The number of rotatable bonds is 6. The van der Waals surface area contributed by atoms with Crippen LogP contribution < -0.4 is 10.6 Å². The van der Waals surface area contributed by atoms with E-state index in [1.165, 1.54) is 49.5 Å². The molecule has 1 aliphatic heterocycles. The lowest BCUT2D eigenvalue weighted by Gasteiger charge is -2.32. The first kappa shape index (κ1) is 18.2. The lowest BCUT2D eigenvalue weighted by molar-refractivity contribution is 0.206. The van der Waals surface area contributed by atoms with E-state index in [1.807, 2.05) is 7.05 Å². The Labute approximate surface area is 144 Å². The molecule has 0 atom stereocenters. The topological polar surface area (TPSA) is 52.5 Å². The molecular weight excluding hydrogens is 306 g/mol. The average Bonchev–Trinajstić information content (AvgIpc) is 2.86. The summed E-state index contributed by atoms with van der Waals surface area (Å²) < 4.78 is 0. The van der Waals surface area contributed by atoms with Crippen molar-refractivity contribution in [3.05, 3.63) is 15.6 Å². The number of aliphatic imine (C=N–C) groups is 1. The van der Waals surface area contributed by atoms with Gasteiger partial charge >= 0.3 is 0 Å². The van der Waals surface area contributed by atoms with Gasteiger partial charge in [0.2, 0.25) is 0 Å². The standard InChI is InChI=1S/C17H31N5S/c1-5-10-22-11-7-15(8-12-22)21-17(18-4)19-9-6-16-13(2)20-14(3)23-16/h15H,5-12H2,1-4H3,(H2,18,19,21). The minimum atomic E-state index is 0.543. The van der Waals surface area contributed by atoms with Gasteiger partial charge in [-0.15, -0.1) is 11.3 Å². The van der Waals surface area contributed by atoms with Crippen LogP contribution in [0.15, 0.2) is 4.99 Å². The first-order valence-corrected chi connectivity index (χ1v) is 9.56. The van der Waals surface area contributed by atoms with Crippen molar-refractivity contribution in [1.29, 1.82) is 0 Å². The van der Waals surface area contributed by atoms with Gasteiger partial charge in [-0.2, -0.15) is 0 Å². The Morgan fingerprint density at radius 1 is 1.35 bits per heavy atom. The highest BCUT2D eigenvalue weighted by Crippen LogP contribution is 2.17. The fourth-order valence-electron chi connectivity index (χ4n) is 3.10. The molecule has 0 aliphatic carbocycles. The number of hydrogen-bond donors (Lipinski definition) is 2. The Bertz CT molecular complexity index is 503. The number of nitrogens with zero attached hydrogens (tertiary/aromatic N) is 3. The minimum absolute atomic E-state index is 0.543. The second kappa shape index (κ2) is 9.23. The number of aromatic nitrogens is 1. The normalized spacial score (nSPS) is 17.5. The van der Waals surface area contributed by atoms with Crippen molar-refractivity contribution >= 4 is 17.3 Å². The molecule has 2 rings (SSSR count). The molecular formula is C17H31N5S. The summed E-state index contributed by atoms with van der Waals surface area (Å²) >= 11 is 1.80. The van der Waals surface area contributed by atoms with E-state index in [2.05, 4.69) is 46.3 Å². The summed E-state index contributed by atoms with van der Waals surface area (Å²) in [6.07, 6.45) is 4.66. The van der Waals surface area contributed by atoms with Gasteiger partial charge in [0.05, 0.1) is 10.7 Å². The second-order valence-corrected chi connectivity index (χ2v) is 7.54. The largest absolute Gasteiger partial charge is 0.356 e. The van der Waals surface area contributed by atoms with Gasteiger partial charge in [0.1, 0.15) is 0 Å². The van der Waals surface area contributed by atoms with Crippen LogP contribution in [-0.4, -0.2) is 55.1 Å². The molecule has 23 heavy (non-hydrogen) atoms. The first-order valence-electron chi connectivity index (χ1n) is 8.74. The van der Waals surface area contributed by atoms with E-state index in [0.717, 1.165) is 23.9 Å². The van der Waals surface area contributed by atoms with Gasteiger partial charge in [-0.05, 0) is 39.7 Å². The fraction of sp³-hybridized carbons (Fsp3) is 0.765. The molecule has 1 aromatic rings. The number of piperidine rings is 1. The molecule has 6 heteroatoms. The maximum absolute atomic E-state index is 4.48. The third kappa shape index (κ3) is 5.77. The smallest absolute Gasteiger partial charge is 0.191 e. The van der Waals surface area contributed by atoms with E-state index in [0.29, 0.717) is 6.04 Å². The predicted octanol–water partition coefficient (Wildman–Crippen LogP) is 2.34. The van der Waals surface area contributed by atoms with Crippen LogP contribution in [-0.2, 0) is 6.42 Å². The van der Waals surface area contributed by atoms with Crippen LogP contribution in [0.4, 0.5) is 0 Å². The summed E-state index contributed by atoms with van der Waals surface area (Å²) in [6.45, 7) is 10.9. The second-order valence-electron chi connectivity index (χ2n) is 6.25. The van der Waals surface area contributed by atoms with E-state index in [-0.39, 0.29) is 0 Å². The monoisotopic (exact) mass is 337 g/mol. The maximum atomic E-state index is 4.48. The third-order valence-electron chi connectivity index (χ3n) is 4.34. The molecule has 0 amide bonds. The van der Waals surface area contributed by atoms with E-state index in [9.17, 15) is 0 Å². The molecule has 5 nitrogen and oxygen atoms in total. The lowest BCUT2D eigenvalue weighted by atomic mass is 10.1. The zero-order valence-electron chi connectivity index (χ0n) is 15.0. The quantitative estimate of drug-likeness (QED) is 0.618. The van der Waals surface area contributed by atoms with E-state index < -0.39 is 0 Å². The molecule has 0 bridgehead atoms. The molecule has 0 unspecified atom stereocenters. The molecule has 0 saturated carbocycles. The van der Waals surface area contributed by atoms with E-state index >= 15 is 0 Å². The van der Waals surface area contributed by atoms with Gasteiger partial charge in [-0.3, -0.25) is 4.99 Å². The van der Waals surface area contributed by atoms with Gasteiger partial charge < -0.3 is 15.5 Å². The van der Waals surface area contributed by atoms with Crippen molar-refractivity contribution in [2.24, 2.45) is 4.99 Å². The number of aryl methyl sites for hydroxylation is 2. The van der Waals surface area contributed by atoms with Gasteiger partial charge in [-0.1, -0.05) is 6.92 Å². The van der Waals surface area contributed by atoms with Gasteiger partial charge in [-0.25, -0.2) is 4.98 Å². The van der Waals surface area contributed by atoms with Crippen molar-refractivity contribution < 1.29 is 0 Å². The van der Waals surface area contributed by atoms with Crippen LogP contribution >= 0.6 is 11.3 Å². The van der Waals surface area contributed by atoms with E-state index in [1.54, 1.807) is 11.3 Å². The summed E-state index contributed by atoms with van der Waals surface area (Å²) in [5.74, 6) is 0.929. The molecule has 2 heterocycles. The fourth-order valence-corrected chi connectivity index (χ4v) is 4.04. The zero-order chi connectivity index (χ0) is 16.7. The SMILES string of the molecule is CCCN1CCC(NC(=NC)NCCc2sc(C)nc2C)CC1. The van der Waals surface area contributed by atoms with Crippen LogP contribution in [0.1, 0.15) is 41.8 Å². The third-order valence-corrected chi connectivity index (χ3v) is 5.47. The molecule has 1 aromatic heterocycles. The predicted molar refractivity (Wildman–Crippen MR) is 99.5 cm³/mol. The Kier molecular flexibility index (Phi) is 7.30. The van der Waals surface area contributed by atoms with Crippen LogP contribution in [0.3, 0.4) is 0 Å². The highest BCUT2D eigenvalue weighted by molar-refractivity contribution is 7.11. The van der Waals surface area contributed by atoms with Gasteiger partial charge in [0.25, 0.3) is 0 Å². The number of nitrogens with one attached hydrogen (secondary N) is 2. The average molecular weight is 338 g/mol.